The van der Waals surface area contributed by atoms with E-state index in [-0.39, 0.29) is 0 Å². The van der Waals surface area contributed by atoms with Crippen LogP contribution < -0.4 is 10.1 Å². The molecule has 1 aromatic heterocycles. The first-order chi connectivity index (χ1) is 16.3. The summed E-state index contributed by atoms with van der Waals surface area (Å²) in [5.41, 5.74) is 3.43. The monoisotopic (exact) mass is 455 g/mol. The molecule has 33 heavy (non-hydrogen) atoms. The van der Waals surface area contributed by atoms with Crippen molar-refractivity contribution in [2.24, 2.45) is 0 Å². The molecule has 0 bridgehead atoms. The number of anilines is 1. The largest absolute Gasteiger partial charge is 0.457 e. The number of aromatic nitrogens is 1. The van der Waals surface area contributed by atoms with E-state index in [0.717, 1.165) is 28.8 Å². The maximum atomic E-state index is 5.95. The average molecular weight is 456 g/mol. The number of thiocarbonyl (C=S) groups is 1. The Morgan fingerprint density at radius 1 is 0.879 bits per heavy atom. The molecule has 0 spiro atoms. The number of H-pyrrole nitrogens is 1. The average Bonchev–Trinajstić information content (AvgIpc) is 3.28. The van der Waals surface area contributed by atoms with Crippen LogP contribution in [0.15, 0.2) is 85.1 Å². The van der Waals surface area contributed by atoms with Crippen LogP contribution >= 0.6 is 12.2 Å². The zero-order valence-electron chi connectivity index (χ0n) is 18.7. The number of hydrogen-bond acceptors (Lipinski definition) is 2. The van der Waals surface area contributed by atoms with Crippen molar-refractivity contribution in [2.75, 3.05) is 5.32 Å². The number of fused-ring (bicyclic) bond motifs is 1. The molecule has 0 radical (unpaired) electrons. The summed E-state index contributed by atoms with van der Waals surface area (Å²) < 4.78 is 5.92. The first-order valence-electron chi connectivity index (χ1n) is 11.7. The fourth-order valence-corrected chi connectivity index (χ4v) is 4.96. The highest BCUT2D eigenvalue weighted by molar-refractivity contribution is 7.80. The van der Waals surface area contributed by atoms with E-state index >= 15 is 0 Å². The van der Waals surface area contributed by atoms with Gasteiger partial charge in [-0.2, -0.15) is 0 Å². The topological polar surface area (TPSA) is 40.3 Å². The first-order valence-corrected chi connectivity index (χ1v) is 12.1. The van der Waals surface area contributed by atoms with Crippen molar-refractivity contribution in [3.8, 4) is 11.5 Å². The Hall–Kier alpha value is -3.31. The number of ether oxygens (including phenoxy) is 1. The lowest BCUT2D eigenvalue weighted by Crippen LogP contribution is -2.43. The van der Waals surface area contributed by atoms with E-state index in [1.165, 1.54) is 48.6 Å². The van der Waals surface area contributed by atoms with E-state index in [2.05, 4.69) is 45.7 Å². The van der Waals surface area contributed by atoms with E-state index in [0.29, 0.717) is 6.04 Å². The molecule has 0 unspecified atom stereocenters. The highest BCUT2D eigenvalue weighted by atomic mass is 32.1. The Kier molecular flexibility index (Phi) is 6.58. The standard InChI is InChI=1S/C28H29N3OS/c33-28(30-22-15-17-25(18-16-22)32-24-11-5-2-6-12-24)31(23-9-3-1-4-10-23)20-21-19-29-27-14-8-7-13-26(21)27/h2,5-8,11-19,23,29H,1,3-4,9-10,20H2,(H,30,33). The van der Waals surface area contributed by atoms with Gasteiger partial charge in [0.05, 0.1) is 0 Å². The molecule has 0 aliphatic heterocycles. The predicted octanol–water partition coefficient (Wildman–Crippen LogP) is 7.49. The quantitative estimate of drug-likeness (QED) is 0.295. The molecule has 168 valence electrons. The van der Waals surface area contributed by atoms with Crippen LogP contribution in [0.25, 0.3) is 10.9 Å². The van der Waals surface area contributed by atoms with E-state index in [9.17, 15) is 0 Å². The first kappa shape index (κ1) is 21.5. The van der Waals surface area contributed by atoms with Gasteiger partial charge in [-0.05, 0) is 73.1 Å². The Morgan fingerprint density at radius 3 is 2.36 bits per heavy atom. The highest BCUT2D eigenvalue weighted by Gasteiger charge is 2.24. The number of benzene rings is 3. The van der Waals surface area contributed by atoms with Crippen LogP contribution in [0, 0.1) is 0 Å². The summed E-state index contributed by atoms with van der Waals surface area (Å²) >= 11 is 5.95. The Balaban J connectivity index is 1.31. The van der Waals surface area contributed by atoms with Crippen LogP contribution in [-0.4, -0.2) is 21.0 Å². The van der Waals surface area contributed by atoms with Crippen LogP contribution in [0.2, 0.25) is 0 Å². The molecule has 5 rings (SSSR count). The lowest BCUT2D eigenvalue weighted by molar-refractivity contribution is 0.241. The normalized spacial score (nSPS) is 14.2. The fourth-order valence-electron chi connectivity index (χ4n) is 4.63. The van der Waals surface area contributed by atoms with Crippen molar-refractivity contribution in [1.29, 1.82) is 0 Å². The zero-order chi connectivity index (χ0) is 22.5. The molecule has 1 fully saturated rings. The summed E-state index contributed by atoms with van der Waals surface area (Å²) in [5, 5.41) is 5.53. The molecule has 0 amide bonds. The van der Waals surface area contributed by atoms with Gasteiger partial charge in [-0.15, -0.1) is 0 Å². The van der Waals surface area contributed by atoms with Gasteiger partial charge in [0.2, 0.25) is 0 Å². The van der Waals surface area contributed by atoms with Crippen LogP contribution in [0.3, 0.4) is 0 Å². The number of rotatable bonds is 6. The summed E-state index contributed by atoms with van der Waals surface area (Å²) in [4.78, 5) is 5.79. The van der Waals surface area contributed by atoms with Gasteiger partial charge >= 0.3 is 0 Å². The highest BCUT2D eigenvalue weighted by Crippen LogP contribution is 2.28. The van der Waals surface area contributed by atoms with Crippen LogP contribution in [0.5, 0.6) is 11.5 Å². The van der Waals surface area contributed by atoms with E-state index < -0.39 is 0 Å². The van der Waals surface area contributed by atoms with E-state index in [1.807, 2.05) is 54.6 Å². The minimum atomic E-state index is 0.466. The molecule has 1 saturated carbocycles. The van der Waals surface area contributed by atoms with Crippen molar-refractivity contribution in [2.45, 2.75) is 44.7 Å². The maximum Gasteiger partial charge on any atom is 0.173 e. The Morgan fingerprint density at radius 2 is 1.58 bits per heavy atom. The molecule has 1 aliphatic rings. The van der Waals surface area contributed by atoms with Crippen LogP contribution in [-0.2, 0) is 6.54 Å². The van der Waals surface area contributed by atoms with Crippen molar-refractivity contribution in [1.82, 2.24) is 9.88 Å². The van der Waals surface area contributed by atoms with Gasteiger partial charge in [0.1, 0.15) is 11.5 Å². The maximum absolute atomic E-state index is 5.95. The Bertz CT molecular complexity index is 1200. The molecule has 5 heteroatoms. The molecule has 0 atom stereocenters. The van der Waals surface area contributed by atoms with Crippen LogP contribution in [0.4, 0.5) is 5.69 Å². The number of nitrogens with one attached hydrogen (secondary N) is 2. The van der Waals surface area contributed by atoms with Gasteiger partial charge in [-0.3, -0.25) is 0 Å². The molecule has 4 nitrogen and oxygen atoms in total. The summed E-state index contributed by atoms with van der Waals surface area (Å²) in [6.45, 7) is 0.801. The molecule has 0 saturated heterocycles. The molecule has 1 heterocycles. The number of para-hydroxylation sites is 2. The molecule has 4 aromatic rings. The number of hydrogen-bond donors (Lipinski definition) is 2. The molecular weight excluding hydrogens is 426 g/mol. The van der Waals surface area contributed by atoms with E-state index in [4.69, 9.17) is 17.0 Å². The van der Waals surface area contributed by atoms with E-state index in [1.54, 1.807) is 0 Å². The van der Waals surface area contributed by atoms with Crippen molar-refractivity contribution in [3.05, 3.63) is 90.6 Å². The summed E-state index contributed by atoms with van der Waals surface area (Å²) in [7, 11) is 0. The van der Waals surface area contributed by atoms with Gasteiger partial charge < -0.3 is 19.9 Å². The smallest absolute Gasteiger partial charge is 0.173 e. The second-order valence-corrected chi connectivity index (χ2v) is 9.04. The van der Waals surface area contributed by atoms with Crippen molar-refractivity contribution in [3.63, 3.8) is 0 Å². The van der Waals surface area contributed by atoms with Gasteiger partial charge in [0.15, 0.2) is 5.11 Å². The fraction of sp³-hybridized carbons (Fsp3) is 0.250. The van der Waals surface area contributed by atoms with Gasteiger partial charge in [0.25, 0.3) is 0 Å². The van der Waals surface area contributed by atoms with Crippen molar-refractivity contribution < 1.29 is 4.74 Å². The Labute approximate surface area is 200 Å². The third kappa shape index (κ3) is 5.20. The molecule has 1 aliphatic carbocycles. The van der Waals surface area contributed by atoms with Gasteiger partial charge in [-0.1, -0.05) is 55.7 Å². The van der Waals surface area contributed by atoms with Crippen molar-refractivity contribution >= 4 is 33.9 Å². The summed E-state index contributed by atoms with van der Waals surface area (Å²) in [5.74, 6) is 1.64. The van der Waals surface area contributed by atoms with Gasteiger partial charge in [-0.25, -0.2) is 0 Å². The second kappa shape index (κ2) is 10.1. The second-order valence-electron chi connectivity index (χ2n) is 8.65. The summed E-state index contributed by atoms with van der Waals surface area (Å²) in [6, 6.07) is 26.8. The molecular formula is C28H29N3OS. The van der Waals surface area contributed by atoms with Gasteiger partial charge in [0, 0.05) is 35.4 Å². The molecule has 2 N–H and O–H groups in total. The minimum absolute atomic E-state index is 0.466. The predicted molar refractivity (Wildman–Crippen MR) is 140 cm³/mol. The number of nitrogens with zero attached hydrogens (tertiary/aromatic N) is 1. The van der Waals surface area contributed by atoms with Crippen LogP contribution in [0.1, 0.15) is 37.7 Å². The third-order valence-corrected chi connectivity index (χ3v) is 6.71. The SMILES string of the molecule is S=C(Nc1ccc(Oc2ccccc2)cc1)N(Cc1c[nH]c2ccccc12)C1CCCCC1. The minimum Gasteiger partial charge on any atom is -0.457 e. The lowest BCUT2D eigenvalue weighted by Gasteiger charge is -2.36. The summed E-state index contributed by atoms with van der Waals surface area (Å²) in [6.07, 6.45) is 8.35. The molecule has 3 aromatic carbocycles. The third-order valence-electron chi connectivity index (χ3n) is 6.38. The lowest BCUT2D eigenvalue weighted by atomic mass is 9.94. The zero-order valence-corrected chi connectivity index (χ0v) is 19.5. The number of aromatic amines is 1.